The lowest BCUT2D eigenvalue weighted by Crippen LogP contribution is -2.49. The number of halogens is 3. The summed E-state index contributed by atoms with van der Waals surface area (Å²) in [5.74, 6) is -5.64. The van der Waals surface area contributed by atoms with Crippen LogP contribution in [0.25, 0.3) is 6.08 Å². The summed E-state index contributed by atoms with van der Waals surface area (Å²) in [6.07, 6.45) is -3.19. The van der Waals surface area contributed by atoms with E-state index in [1.165, 1.54) is 28.1 Å². The third kappa shape index (κ3) is 8.13. The Balaban J connectivity index is 1.58. The lowest BCUT2D eigenvalue weighted by atomic mass is 9.92. The molecule has 0 spiro atoms. The molecule has 0 aliphatic carbocycles. The number of hydrazine groups is 1. The second-order valence-corrected chi connectivity index (χ2v) is 12.1. The van der Waals surface area contributed by atoms with Gasteiger partial charge in [0, 0.05) is 24.9 Å². The van der Waals surface area contributed by atoms with E-state index in [9.17, 15) is 37.7 Å². The maximum Gasteiger partial charge on any atom is 0.491 e. The number of nitrogens with zero attached hydrogens (tertiary/aromatic N) is 3. The predicted molar refractivity (Wildman–Crippen MR) is 176 cm³/mol. The Kier molecular flexibility index (Phi) is 11.0. The van der Waals surface area contributed by atoms with E-state index < -0.39 is 53.1 Å². The molecule has 0 bridgehead atoms. The van der Waals surface area contributed by atoms with Crippen LogP contribution in [-0.4, -0.2) is 58.1 Å². The van der Waals surface area contributed by atoms with Crippen molar-refractivity contribution in [1.29, 1.82) is 0 Å². The van der Waals surface area contributed by atoms with Crippen molar-refractivity contribution in [2.45, 2.75) is 57.7 Å². The zero-order chi connectivity index (χ0) is 37.0. The van der Waals surface area contributed by atoms with Crippen molar-refractivity contribution < 1.29 is 46.7 Å². The van der Waals surface area contributed by atoms with E-state index in [0.717, 1.165) is 17.2 Å². The quantitative estimate of drug-likeness (QED) is 0.112. The van der Waals surface area contributed by atoms with Crippen molar-refractivity contribution in [3.8, 4) is 11.5 Å². The summed E-state index contributed by atoms with van der Waals surface area (Å²) in [5.41, 5.74) is 11.5. The van der Waals surface area contributed by atoms with Crippen molar-refractivity contribution in [3.05, 3.63) is 105 Å². The number of likely N-dealkylation sites (tertiary alicyclic amines) is 1. The lowest BCUT2D eigenvalue weighted by Gasteiger charge is -2.37. The molecule has 4 atom stereocenters. The molecule has 4 unspecified atom stereocenters. The van der Waals surface area contributed by atoms with E-state index in [-0.39, 0.29) is 36.9 Å². The molecule has 1 saturated heterocycles. The average Bonchev–Trinajstić information content (AvgIpc) is 3.54. The number of carbonyl (C=O) groups is 3. The van der Waals surface area contributed by atoms with Crippen LogP contribution in [0, 0.1) is 16.0 Å². The largest absolute Gasteiger partial charge is 0.491 e. The zero-order valence-electron chi connectivity index (χ0n) is 27.8. The van der Waals surface area contributed by atoms with Crippen LogP contribution in [0.1, 0.15) is 67.7 Å². The summed E-state index contributed by atoms with van der Waals surface area (Å²) < 4.78 is 55.2. The molecule has 0 radical (unpaired) electrons. The van der Waals surface area contributed by atoms with Gasteiger partial charge >= 0.3 is 18.1 Å². The van der Waals surface area contributed by atoms with E-state index in [1.54, 1.807) is 37.4 Å². The minimum atomic E-state index is -5.46. The minimum Gasteiger partial charge on any atom is -0.490 e. The fourth-order valence-electron chi connectivity index (χ4n) is 6.12. The van der Waals surface area contributed by atoms with Gasteiger partial charge in [-0.15, -0.1) is 0 Å². The van der Waals surface area contributed by atoms with Crippen molar-refractivity contribution in [3.63, 3.8) is 0 Å². The molecular weight excluding hydrogens is 675 g/mol. The number of esters is 2. The molecule has 2 aliphatic heterocycles. The van der Waals surface area contributed by atoms with Crippen LogP contribution >= 0.6 is 0 Å². The fourth-order valence-corrected chi connectivity index (χ4v) is 6.12. The number of ether oxygens (including phenoxy) is 3. The molecule has 5 rings (SSSR count). The van der Waals surface area contributed by atoms with Crippen LogP contribution in [0.4, 0.5) is 18.9 Å². The lowest BCUT2D eigenvalue weighted by molar-refractivity contribution is -0.385. The molecule has 13 nitrogen and oxygen atoms in total. The molecule has 2 aliphatic rings. The minimum absolute atomic E-state index is 0.0781. The third-order valence-electron chi connectivity index (χ3n) is 8.35. The number of hydrogen-bond acceptors (Lipinski definition) is 11. The van der Waals surface area contributed by atoms with Gasteiger partial charge in [0.2, 0.25) is 5.91 Å². The highest BCUT2D eigenvalue weighted by atomic mass is 19.4. The highest BCUT2D eigenvalue weighted by Crippen LogP contribution is 2.42. The van der Waals surface area contributed by atoms with Crippen LogP contribution in [0.2, 0.25) is 0 Å². The molecule has 3 aromatic carbocycles. The second kappa shape index (κ2) is 15.2. The van der Waals surface area contributed by atoms with E-state index in [0.29, 0.717) is 17.1 Å². The summed E-state index contributed by atoms with van der Waals surface area (Å²) in [5, 5.41) is 13.2. The maximum absolute atomic E-state index is 14.8. The molecule has 3 N–H and O–H groups in total. The number of nitrogens with one attached hydrogen (secondary N) is 1. The number of nitro groups is 1. The first-order valence-corrected chi connectivity index (χ1v) is 16.1. The Morgan fingerprint density at radius 1 is 1.06 bits per heavy atom. The fraction of sp³-hybridized carbons (Fsp3) is 0.343. The number of nitrogens with two attached hydrogens (primary N) is 1. The van der Waals surface area contributed by atoms with Crippen LogP contribution in [0.3, 0.4) is 0 Å². The van der Waals surface area contributed by atoms with Gasteiger partial charge < -0.3 is 24.8 Å². The standard InChI is InChI=1S/C35H36F3N5O8/c1-4-49-28-19-22(12-13-27(28)50-20(2)3)29(40-42-17-14-21-8-5-6-11-25(21)31(42)39)32(44)41-16-15-26(33(45)51-34(46)35(36,37)38)30(41)23-9-7-10-24(18-23)43(47)48/h5-14,17-20,26,29-31,40H,4,15-16,39H2,1-3H3. The number of hydrogen-bond donors (Lipinski definition) is 2. The normalized spacial score (nSPS) is 19.0. The monoisotopic (exact) mass is 711 g/mol. The molecule has 3 aromatic rings. The Hall–Kier alpha value is -5.48. The predicted octanol–water partition coefficient (Wildman–Crippen LogP) is 5.49. The van der Waals surface area contributed by atoms with Gasteiger partial charge in [0.05, 0.1) is 29.6 Å². The number of benzene rings is 3. The molecule has 1 fully saturated rings. The molecule has 1 amide bonds. The molecule has 0 saturated carbocycles. The zero-order valence-corrected chi connectivity index (χ0v) is 27.8. The number of non-ortho nitro benzene ring substituents is 1. The Labute approximate surface area is 290 Å². The first-order chi connectivity index (χ1) is 24.2. The molecule has 270 valence electrons. The summed E-state index contributed by atoms with van der Waals surface area (Å²) >= 11 is 0. The highest BCUT2D eigenvalue weighted by molar-refractivity contribution is 5.91. The number of rotatable bonds is 11. The van der Waals surface area contributed by atoms with E-state index in [4.69, 9.17) is 15.2 Å². The molecule has 0 aromatic heterocycles. The van der Waals surface area contributed by atoms with Crippen LogP contribution in [0.15, 0.2) is 72.9 Å². The average molecular weight is 712 g/mol. The number of carbonyl (C=O) groups excluding carboxylic acids is 3. The van der Waals surface area contributed by atoms with Gasteiger partial charge in [-0.1, -0.05) is 42.5 Å². The first-order valence-electron chi connectivity index (χ1n) is 16.1. The van der Waals surface area contributed by atoms with Crippen LogP contribution in [0.5, 0.6) is 11.5 Å². The number of amides is 1. The Morgan fingerprint density at radius 3 is 2.49 bits per heavy atom. The number of alkyl halides is 3. The van der Waals surface area contributed by atoms with Gasteiger partial charge in [0.1, 0.15) is 12.2 Å². The van der Waals surface area contributed by atoms with Crippen molar-refractivity contribution in [2.75, 3.05) is 13.2 Å². The molecule has 51 heavy (non-hydrogen) atoms. The summed E-state index contributed by atoms with van der Waals surface area (Å²) in [7, 11) is 0. The van der Waals surface area contributed by atoms with Gasteiger partial charge in [-0.25, -0.2) is 10.2 Å². The first kappa shape index (κ1) is 36.8. The summed E-state index contributed by atoms with van der Waals surface area (Å²) in [6.45, 7) is 5.54. The van der Waals surface area contributed by atoms with Gasteiger partial charge in [0.15, 0.2) is 11.5 Å². The second-order valence-electron chi connectivity index (χ2n) is 12.1. The third-order valence-corrected chi connectivity index (χ3v) is 8.35. The van der Waals surface area contributed by atoms with Gasteiger partial charge in [0.25, 0.3) is 5.69 Å². The topological polar surface area (TPSA) is 167 Å². The van der Waals surface area contributed by atoms with E-state index in [1.807, 2.05) is 38.1 Å². The maximum atomic E-state index is 14.8. The SMILES string of the molecule is CCOc1cc(C(NN2C=Cc3ccccc3C2N)C(=O)N2CCC(C(=O)OC(=O)C(F)(F)F)C2c2cccc([N+](=O)[O-])c2)ccc1OC(C)C. The Bertz CT molecular complexity index is 1830. The Morgan fingerprint density at radius 2 is 1.80 bits per heavy atom. The van der Waals surface area contributed by atoms with Gasteiger partial charge in [-0.3, -0.25) is 24.7 Å². The van der Waals surface area contributed by atoms with Crippen molar-refractivity contribution in [1.82, 2.24) is 15.3 Å². The highest BCUT2D eigenvalue weighted by Gasteiger charge is 2.49. The molecule has 2 heterocycles. The summed E-state index contributed by atoms with van der Waals surface area (Å²) in [6, 6.07) is 14.7. The smallest absolute Gasteiger partial charge is 0.490 e. The van der Waals surface area contributed by atoms with Gasteiger partial charge in [-0.05, 0) is 67.7 Å². The van der Waals surface area contributed by atoms with Crippen molar-refractivity contribution in [2.24, 2.45) is 11.7 Å². The molecular formula is C35H36F3N5O8. The van der Waals surface area contributed by atoms with Crippen LogP contribution in [-0.2, 0) is 19.1 Å². The number of fused-ring (bicyclic) bond motifs is 1. The summed E-state index contributed by atoms with van der Waals surface area (Å²) in [4.78, 5) is 51.8. The number of nitro benzene ring substituents is 1. The van der Waals surface area contributed by atoms with Gasteiger partial charge in [-0.2, -0.15) is 13.2 Å². The van der Waals surface area contributed by atoms with E-state index >= 15 is 0 Å². The van der Waals surface area contributed by atoms with Crippen molar-refractivity contribution >= 4 is 29.6 Å². The van der Waals surface area contributed by atoms with Crippen LogP contribution < -0.4 is 20.6 Å². The van der Waals surface area contributed by atoms with E-state index in [2.05, 4.69) is 10.2 Å². The molecule has 16 heteroatoms.